The maximum absolute atomic E-state index is 9.61. The summed E-state index contributed by atoms with van der Waals surface area (Å²) in [6, 6.07) is 5.63. The number of nitrogens with zero attached hydrogens (tertiary/aromatic N) is 2. The van der Waals surface area contributed by atoms with Crippen molar-refractivity contribution in [3.05, 3.63) is 24.0 Å². The largest absolute Gasteiger partial charge is 0.399 e. The van der Waals surface area contributed by atoms with Crippen molar-refractivity contribution in [3.63, 3.8) is 0 Å². The molecular weight excluding hydrogens is 242 g/mol. The molecule has 0 amide bonds. The van der Waals surface area contributed by atoms with Gasteiger partial charge in [0.25, 0.3) is 0 Å². The second-order valence-corrected chi connectivity index (χ2v) is 5.38. The fraction of sp³-hybridized carbons (Fsp3) is 0.500. The smallest absolute Gasteiger partial charge is 0.135 e. The number of rotatable bonds is 3. The first-order chi connectivity index (χ1) is 9.17. The van der Waals surface area contributed by atoms with Gasteiger partial charge in [0.15, 0.2) is 0 Å². The molecule has 2 aromatic rings. The maximum atomic E-state index is 9.61. The monoisotopic (exact) mass is 261 g/mol. The van der Waals surface area contributed by atoms with Gasteiger partial charge in [-0.1, -0.05) is 0 Å². The summed E-state index contributed by atoms with van der Waals surface area (Å²) in [6.45, 7) is 0.719. The molecule has 0 bridgehead atoms. The average molecular weight is 261 g/mol. The Morgan fingerprint density at radius 1 is 1.37 bits per heavy atom. The molecule has 19 heavy (non-hydrogen) atoms. The highest BCUT2D eigenvalue weighted by Gasteiger charge is 2.24. The van der Waals surface area contributed by atoms with Gasteiger partial charge < -0.3 is 20.5 Å². The summed E-state index contributed by atoms with van der Waals surface area (Å²) in [7, 11) is 0. The number of hydrogen-bond acceptors (Lipinski definition) is 4. The number of nitrogens with two attached hydrogens (primary N) is 1. The third-order valence-electron chi connectivity index (χ3n) is 3.95. The Labute approximate surface area is 111 Å². The topological polar surface area (TPSA) is 84.3 Å². The Bertz CT molecular complexity index is 594. The molecule has 0 aliphatic heterocycles. The molecule has 2 atom stereocenters. The third kappa shape index (κ3) is 2.31. The first kappa shape index (κ1) is 12.4. The van der Waals surface area contributed by atoms with Gasteiger partial charge in [-0.05, 0) is 43.4 Å². The molecule has 4 N–H and O–H groups in total. The van der Waals surface area contributed by atoms with Crippen molar-refractivity contribution in [2.45, 2.75) is 38.5 Å². The van der Waals surface area contributed by atoms with Crippen LogP contribution < -0.4 is 5.73 Å². The Balaban J connectivity index is 1.96. The first-order valence-corrected chi connectivity index (χ1v) is 6.71. The first-order valence-electron chi connectivity index (χ1n) is 6.71. The van der Waals surface area contributed by atoms with E-state index in [1.54, 1.807) is 0 Å². The molecule has 1 aliphatic rings. The van der Waals surface area contributed by atoms with E-state index in [2.05, 4.69) is 9.55 Å². The lowest BCUT2D eigenvalue weighted by atomic mass is 10.1. The summed E-state index contributed by atoms with van der Waals surface area (Å²) in [5.74, 6) is 1.12. The summed E-state index contributed by atoms with van der Waals surface area (Å²) >= 11 is 0. The lowest BCUT2D eigenvalue weighted by Crippen LogP contribution is -2.12. The van der Waals surface area contributed by atoms with E-state index >= 15 is 0 Å². The Hall–Kier alpha value is -1.59. The maximum Gasteiger partial charge on any atom is 0.135 e. The van der Waals surface area contributed by atoms with Crippen LogP contribution in [0.2, 0.25) is 0 Å². The molecule has 3 rings (SSSR count). The van der Waals surface area contributed by atoms with Crippen LogP contribution in [-0.2, 0) is 13.2 Å². The SMILES string of the molecule is Nc1ccc2c(c1)nc(CO)n2CC1CCC(O)C1. The molecule has 1 aromatic carbocycles. The molecular formula is C14H19N3O2. The third-order valence-corrected chi connectivity index (χ3v) is 3.95. The summed E-state index contributed by atoms with van der Waals surface area (Å²) in [5, 5.41) is 19.1. The average Bonchev–Trinajstić information content (AvgIpc) is 2.94. The van der Waals surface area contributed by atoms with Gasteiger partial charge in [0.2, 0.25) is 0 Å². The van der Waals surface area contributed by atoms with Gasteiger partial charge in [-0.15, -0.1) is 0 Å². The lowest BCUT2D eigenvalue weighted by Gasteiger charge is -2.13. The highest BCUT2D eigenvalue weighted by molar-refractivity contribution is 5.79. The van der Waals surface area contributed by atoms with Crippen LogP contribution in [0.3, 0.4) is 0 Å². The van der Waals surface area contributed by atoms with Crippen molar-refractivity contribution in [2.75, 3.05) is 5.73 Å². The zero-order valence-corrected chi connectivity index (χ0v) is 10.8. The molecule has 1 aromatic heterocycles. The van der Waals surface area contributed by atoms with E-state index in [1.807, 2.05) is 18.2 Å². The molecule has 2 unspecified atom stereocenters. The molecule has 5 heteroatoms. The predicted molar refractivity (Wildman–Crippen MR) is 73.4 cm³/mol. The summed E-state index contributed by atoms with van der Waals surface area (Å²) in [6.07, 6.45) is 2.56. The van der Waals surface area contributed by atoms with Gasteiger partial charge in [-0.3, -0.25) is 0 Å². The Morgan fingerprint density at radius 3 is 2.89 bits per heavy atom. The molecule has 0 saturated heterocycles. The molecule has 0 spiro atoms. The molecule has 0 radical (unpaired) electrons. The number of benzene rings is 1. The molecule has 1 heterocycles. The number of aliphatic hydroxyl groups is 2. The van der Waals surface area contributed by atoms with Gasteiger partial charge in [-0.2, -0.15) is 0 Å². The highest BCUT2D eigenvalue weighted by atomic mass is 16.3. The van der Waals surface area contributed by atoms with Crippen LogP contribution in [0.25, 0.3) is 11.0 Å². The van der Waals surface area contributed by atoms with E-state index in [0.29, 0.717) is 17.4 Å². The van der Waals surface area contributed by atoms with Crippen LogP contribution >= 0.6 is 0 Å². The van der Waals surface area contributed by atoms with Crippen LogP contribution in [0.5, 0.6) is 0 Å². The van der Waals surface area contributed by atoms with E-state index in [1.165, 1.54) is 0 Å². The Kier molecular flexibility index (Phi) is 3.16. The lowest BCUT2D eigenvalue weighted by molar-refractivity contribution is 0.175. The number of imidazole rings is 1. The number of hydrogen-bond donors (Lipinski definition) is 3. The minimum absolute atomic E-state index is 0.0795. The number of nitrogen functional groups attached to an aromatic ring is 1. The van der Waals surface area contributed by atoms with Crippen molar-refractivity contribution in [2.24, 2.45) is 5.92 Å². The summed E-state index contributed by atoms with van der Waals surface area (Å²) in [5.41, 5.74) is 8.26. The molecule has 102 valence electrons. The van der Waals surface area contributed by atoms with Crippen LogP contribution in [0.1, 0.15) is 25.1 Å². The van der Waals surface area contributed by atoms with Crippen LogP contribution in [0.15, 0.2) is 18.2 Å². The fourth-order valence-corrected chi connectivity index (χ4v) is 2.99. The number of aromatic nitrogens is 2. The molecule has 1 fully saturated rings. The molecule has 1 aliphatic carbocycles. The molecule has 5 nitrogen and oxygen atoms in total. The quantitative estimate of drug-likeness (QED) is 0.726. The van der Waals surface area contributed by atoms with E-state index in [9.17, 15) is 10.2 Å². The van der Waals surface area contributed by atoms with Crippen molar-refractivity contribution in [1.29, 1.82) is 0 Å². The minimum Gasteiger partial charge on any atom is -0.399 e. The van der Waals surface area contributed by atoms with E-state index in [-0.39, 0.29) is 12.7 Å². The predicted octanol–water partition coefficient (Wildman–Crippen LogP) is 1.27. The number of aliphatic hydroxyl groups excluding tert-OH is 2. The van der Waals surface area contributed by atoms with Crippen LogP contribution in [-0.4, -0.2) is 25.9 Å². The second kappa shape index (κ2) is 4.83. The van der Waals surface area contributed by atoms with Gasteiger partial charge in [-0.25, -0.2) is 4.98 Å². The Morgan fingerprint density at radius 2 is 2.21 bits per heavy atom. The number of anilines is 1. The van der Waals surface area contributed by atoms with Crippen molar-refractivity contribution in [3.8, 4) is 0 Å². The van der Waals surface area contributed by atoms with E-state index in [4.69, 9.17) is 5.73 Å². The zero-order chi connectivity index (χ0) is 13.4. The number of fused-ring (bicyclic) bond motifs is 1. The van der Waals surface area contributed by atoms with Gasteiger partial charge >= 0.3 is 0 Å². The van der Waals surface area contributed by atoms with Crippen LogP contribution in [0, 0.1) is 5.92 Å². The normalized spacial score (nSPS) is 23.3. The van der Waals surface area contributed by atoms with Gasteiger partial charge in [0, 0.05) is 12.2 Å². The van der Waals surface area contributed by atoms with Crippen molar-refractivity contribution >= 4 is 16.7 Å². The second-order valence-electron chi connectivity index (χ2n) is 5.38. The fourth-order valence-electron chi connectivity index (χ4n) is 2.99. The zero-order valence-electron chi connectivity index (χ0n) is 10.8. The minimum atomic E-state index is -0.173. The standard InChI is InChI=1S/C14H19N3O2/c15-10-2-4-13-12(6-10)16-14(8-18)17(13)7-9-1-3-11(19)5-9/h2,4,6,9,11,18-19H,1,3,5,7-8,15H2. The van der Waals surface area contributed by atoms with Crippen molar-refractivity contribution in [1.82, 2.24) is 9.55 Å². The van der Waals surface area contributed by atoms with E-state index < -0.39 is 0 Å². The van der Waals surface area contributed by atoms with Gasteiger partial charge in [0.05, 0.1) is 17.1 Å². The van der Waals surface area contributed by atoms with Crippen LogP contribution in [0.4, 0.5) is 5.69 Å². The summed E-state index contributed by atoms with van der Waals surface area (Å²) in [4.78, 5) is 4.42. The van der Waals surface area contributed by atoms with Gasteiger partial charge in [0.1, 0.15) is 12.4 Å². The van der Waals surface area contributed by atoms with E-state index in [0.717, 1.165) is 36.8 Å². The van der Waals surface area contributed by atoms with Crippen molar-refractivity contribution < 1.29 is 10.2 Å². The highest BCUT2D eigenvalue weighted by Crippen LogP contribution is 2.29. The molecule has 1 saturated carbocycles. The summed E-state index contributed by atoms with van der Waals surface area (Å²) < 4.78 is 2.05.